The summed E-state index contributed by atoms with van der Waals surface area (Å²) in [6.07, 6.45) is 5.10. The van der Waals surface area contributed by atoms with E-state index in [1.54, 1.807) is 41.2 Å². The van der Waals surface area contributed by atoms with E-state index in [1.165, 1.54) is 0 Å². The van der Waals surface area contributed by atoms with Crippen LogP contribution in [0.25, 0.3) is 5.69 Å². The Bertz CT molecular complexity index is 561. The number of aromatic nitrogens is 3. The third kappa shape index (κ3) is 4.42. The fourth-order valence-corrected chi connectivity index (χ4v) is 1.64. The lowest BCUT2D eigenvalue weighted by atomic mass is 10.2. The average Bonchev–Trinajstić information content (AvgIpc) is 2.99. The van der Waals surface area contributed by atoms with Crippen LogP contribution in [0.4, 0.5) is 0 Å². The molecule has 2 aromatic rings. The van der Waals surface area contributed by atoms with Gasteiger partial charge in [-0.05, 0) is 25.1 Å². The van der Waals surface area contributed by atoms with E-state index in [2.05, 4.69) is 10.1 Å². The van der Waals surface area contributed by atoms with Crippen molar-refractivity contribution in [1.82, 2.24) is 19.7 Å². The summed E-state index contributed by atoms with van der Waals surface area (Å²) in [6.45, 7) is 2.32. The molecule has 0 aliphatic carbocycles. The van der Waals surface area contributed by atoms with Gasteiger partial charge in [-0.15, -0.1) is 24.8 Å². The number of hydrogen-bond donors (Lipinski definition) is 1. The molecule has 0 aromatic carbocycles. The number of pyridine rings is 1. The minimum Gasteiger partial charge on any atom is -0.336 e. The maximum Gasteiger partial charge on any atom is 0.272 e. The summed E-state index contributed by atoms with van der Waals surface area (Å²) >= 11 is 0. The lowest BCUT2D eigenvalue weighted by molar-refractivity contribution is 0.0742. The topological polar surface area (TPSA) is 77.0 Å². The van der Waals surface area contributed by atoms with Crippen molar-refractivity contribution in [3.05, 3.63) is 42.5 Å². The van der Waals surface area contributed by atoms with Crippen molar-refractivity contribution in [2.75, 3.05) is 13.6 Å². The molecule has 0 fully saturated rings. The molecule has 2 N–H and O–H groups in total. The van der Waals surface area contributed by atoms with Crippen LogP contribution in [0, 0.1) is 0 Å². The Morgan fingerprint density at radius 3 is 2.71 bits per heavy atom. The highest BCUT2D eigenvalue weighted by atomic mass is 35.5. The first-order valence-corrected chi connectivity index (χ1v) is 6.06. The summed E-state index contributed by atoms with van der Waals surface area (Å²) in [7, 11) is 1.72. The SMILES string of the molecule is CC(CN)N(C)C(=O)c1cc(-n2cccn2)ccn1.Cl.Cl. The predicted molar refractivity (Wildman–Crippen MR) is 86.5 cm³/mol. The van der Waals surface area contributed by atoms with Crippen LogP contribution in [-0.4, -0.2) is 45.2 Å². The van der Waals surface area contributed by atoms with Gasteiger partial charge < -0.3 is 10.6 Å². The van der Waals surface area contributed by atoms with Crippen LogP contribution >= 0.6 is 24.8 Å². The summed E-state index contributed by atoms with van der Waals surface area (Å²) in [4.78, 5) is 18.0. The van der Waals surface area contributed by atoms with E-state index >= 15 is 0 Å². The van der Waals surface area contributed by atoms with E-state index in [0.717, 1.165) is 5.69 Å². The second-order valence-electron chi connectivity index (χ2n) is 4.35. The van der Waals surface area contributed by atoms with Gasteiger partial charge in [0.25, 0.3) is 5.91 Å². The van der Waals surface area contributed by atoms with Gasteiger partial charge in [-0.1, -0.05) is 0 Å². The van der Waals surface area contributed by atoms with Crippen LogP contribution in [0.15, 0.2) is 36.8 Å². The summed E-state index contributed by atoms with van der Waals surface area (Å²) in [5, 5.41) is 4.13. The van der Waals surface area contributed by atoms with Gasteiger partial charge in [-0.3, -0.25) is 9.78 Å². The van der Waals surface area contributed by atoms with Crippen LogP contribution in [0.5, 0.6) is 0 Å². The molecule has 1 amide bonds. The molecule has 1 unspecified atom stereocenters. The maximum atomic E-state index is 12.2. The highest BCUT2D eigenvalue weighted by Crippen LogP contribution is 2.09. The predicted octanol–water partition coefficient (Wildman–Crippen LogP) is 1.53. The van der Waals surface area contributed by atoms with Crippen molar-refractivity contribution in [3.63, 3.8) is 0 Å². The number of carbonyl (C=O) groups excluding carboxylic acids is 1. The van der Waals surface area contributed by atoms with Gasteiger partial charge in [-0.2, -0.15) is 5.10 Å². The normalized spacial score (nSPS) is 11.0. The lowest BCUT2D eigenvalue weighted by Crippen LogP contribution is -2.40. The molecule has 0 bridgehead atoms. The Labute approximate surface area is 136 Å². The monoisotopic (exact) mass is 331 g/mol. The standard InChI is InChI=1S/C13H17N5O.2ClH/c1-10(9-14)17(2)13(19)12-8-11(4-6-15-12)18-7-3-5-16-18;;/h3-8,10H,9,14H2,1-2H3;2*1H. The molecule has 116 valence electrons. The van der Waals surface area contributed by atoms with Gasteiger partial charge in [-0.25, -0.2) is 4.68 Å². The molecule has 0 aliphatic rings. The molecule has 0 radical (unpaired) electrons. The van der Waals surface area contributed by atoms with Crippen LogP contribution in [0.2, 0.25) is 0 Å². The molecule has 2 aromatic heterocycles. The van der Waals surface area contributed by atoms with Gasteiger partial charge in [0.2, 0.25) is 0 Å². The molecule has 6 nitrogen and oxygen atoms in total. The largest absolute Gasteiger partial charge is 0.336 e. The molecule has 0 saturated heterocycles. The zero-order valence-electron chi connectivity index (χ0n) is 11.8. The lowest BCUT2D eigenvalue weighted by Gasteiger charge is -2.23. The van der Waals surface area contributed by atoms with Gasteiger partial charge in [0.1, 0.15) is 5.69 Å². The van der Waals surface area contributed by atoms with E-state index < -0.39 is 0 Å². The van der Waals surface area contributed by atoms with Crippen LogP contribution in [0.3, 0.4) is 0 Å². The Balaban J connectivity index is 0.00000200. The molecule has 0 saturated carbocycles. The Morgan fingerprint density at radius 2 is 2.14 bits per heavy atom. The van der Waals surface area contributed by atoms with E-state index in [9.17, 15) is 4.79 Å². The maximum absolute atomic E-state index is 12.2. The van der Waals surface area contributed by atoms with E-state index in [-0.39, 0.29) is 36.8 Å². The summed E-state index contributed by atoms with van der Waals surface area (Å²) in [6, 6.07) is 5.32. The first-order chi connectivity index (χ1) is 9.13. The Hall–Kier alpha value is -1.63. The van der Waals surface area contributed by atoms with Crippen molar-refractivity contribution in [2.24, 2.45) is 5.73 Å². The number of hydrogen-bond acceptors (Lipinski definition) is 4. The number of carbonyl (C=O) groups is 1. The minimum atomic E-state index is -0.146. The number of amides is 1. The average molecular weight is 332 g/mol. The number of likely N-dealkylation sites (N-methyl/N-ethyl adjacent to an activating group) is 1. The quantitative estimate of drug-likeness (QED) is 0.921. The zero-order valence-corrected chi connectivity index (χ0v) is 13.5. The van der Waals surface area contributed by atoms with Crippen molar-refractivity contribution < 1.29 is 4.79 Å². The van der Waals surface area contributed by atoms with Crippen LogP contribution in [0.1, 0.15) is 17.4 Å². The second-order valence-corrected chi connectivity index (χ2v) is 4.35. The molecule has 8 heteroatoms. The van der Waals surface area contributed by atoms with Crippen molar-refractivity contribution in [1.29, 1.82) is 0 Å². The van der Waals surface area contributed by atoms with Gasteiger partial charge in [0, 0.05) is 38.2 Å². The molecule has 21 heavy (non-hydrogen) atoms. The van der Waals surface area contributed by atoms with Gasteiger partial charge in [0.15, 0.2) is 0 Å². The molecule has 0 spiro atoms. The number of halogens is 2. The Morgan fingerprint density at radius 1 is 1.43 bits per heavy atom. The molecule has 0 aliphatic heterocycles. The van der Waals surface area contributed by atoms with E-state index in [0.29, 0.717) is 12.2 Å². The van der Waals surface area contributed by atoms with E-state index in [4.69, 9.17) is 5.73 Å². The van der Waals surface area contributed by atoms with Gasteiger partial charge in [0.05, 0.1) is 5.69 Å². The highest BCUT2D eigenvalue weighted by Gasteiger charge is 2.18. The minimum absolute atomic E-state index is 0. The van der Waals surface area contributed by atoms with Crippen LogP contribution in [-0.2, 0) is 0 Å². The first kappa shape index (κ1) is 19.4. The summed E-state index contributed by atoms with van der Waals surface area (Å²) < 4.78 is 1.69. The fraction of sp³-hybridized carbons (Fsp3) is 0.308. The van der Waals surface area contributed by atoms with E-state index in [1.807, 2.05) is 19.2 Å². The molecule has 2 heterocycles. The van der Waals surface area contributed by atoms with Crippen molar-refractivity contribution in [3.8, 4) is 5.69 Å². The number of rotatable bonds is 4. The third-order valence-electron chi connectivity index (χ3n) is 3.05. The summed E-state index contributed by atoms with van der Waals surface area (Å²) in [5.41, 5.74) is 6.76. The number of nitrogens with zero attached hydrogens (tertiary/aromatic N) is 4. The molecule has 2 rings (SSSR count). The first-order valence-electron chi connectivity index (χ1n) is 6.06. The Kier molecular flexibility index (Phi) is 7.94. The van der Waals surface area contributed by atoms with Crippen LogP contribution < -0.4 is 5.73 Å². The smallest absolute Gasteiger partial charge is 0.272 e. The van der Waals surface area contributed by atoms with Crippen molar-refractivity contribution in [2.45, 2.75) is 13.0 Å². The van der Waals surface area contributed by atoms with Crippen molar-refractivity contribution >= 4 is 30.7 Å². The highest BCUT2D eigenvalue weighted by molar-refractivity contribution is 5.92. The number of nitrogens with two attached hydrogens (primary N) is 1. The molecular formula is C13H19Cl2N5O. The van der Waals surface area contributed by atoms with Gasteiger partial charge >= 0.3 is 0 Å². The molecule has 1 atom stereocenters. The fourth-order valence-electron chi connectivity index (χ4n) is 1.64. The molecular weight excluding hydrogens is 313 g/mol. The third-order valence-corrected chi connectivity index (χ3v) is 3.05. The second kappa shape index (κ2) is 8.61. The zero-order chi connectivity index (χ0) is 13.8. The summed E-state index contributed by atoms with van der Waals surface area (Å²) in [5.74, 6) is -0.146.